The number of nitrogen functional groups attached to an aromatic ring is 1. The van der Waals surface area contributed by atoms with Gasteiger partial charge in [-0.3, -0.25) is 0 Å². The normalized spacial score (nSPS) is 13.0. The average molecular weight is 422 g/mol. The van der Waals surface area contributed by atoms with Gasteiger partial charge in [0.2, 0.25) is 0 Å². The summed E-state index contributed by atoms with van der Waals surface area (Å²) in [4.78, 5) is -0.430. The number of aromatic nitrogens is 1. The number of hydrogen-bond donors (Lipinski definition) is 1. The minimum Gasteiger partial charge on any atom is -0.398 e. The monoisotopic (exact) mass is 421 g/mol. The molecule has 146 valence electrons. The number of anilines is 2. The topological polar surface area (TPSA) is 85.5 Å². The highest BCUT2D eigenvalue weighted by molar-refractivity contribution is 8.32. The predicted molar refractivity (Wildman–Crippen MR) is 108 cm³/mol. The Morgan fingerprint density at radius 2 is 2.00 bits per heavy atom. The number of sulfonamides is 1. The van der Waals surface area contributed by atoms with E-state index in [9.17, 15) is 12.8 Å². The Balaban J connectivity index is 2.31. The van der Waals surface area contributed by atoms with Crippen LogP contribution in [-0.4, -0.2) is 50.6 Å². The molecule has 10 heteroatoms. The lowest BCUT2D eigenvalue weighted by atomic mass is 10.2. The summed E-state index contributed by atoms with van der Waals surface area (Å²) in [6.45, 7) is 1.84. The third kappa shape index (κ3) is 5.09. The van der Waals surface area contributed by atoms with Crippen LogP contribution in [0.4, 0.5) is 15.8 Å². The third-order valence-electron chi connectivity index (χ3n) is 3.64. The zero-order valence-corrected chi connectivity index (χ0v) is 17.7. The number of hydrogen-bond acceptors (Lipinski definition) is 6. The Morgan fingerprint density at radius 3 is 2.58 bits per heavy atom. The summed E-state index contributed by atoms with van der Waals surface area (Å²) in [6, 6.07) is 2.27. The molecule has 0 aliphatic rings. The molecule has 6 nitrogen and oxygen atoms in total. The summed E-state index contributed by atoms with van der Waals surface area (Å²) in [5.74, 6) is -0.0431. The fourth-order valence-corrected chi connectivity index (χ4v) is 4.72. The Labute approximate surface area is 159 Å². The summed E-state index contributed by atoms with van der Waals surface area (Å²) in [5, 5.41) is 1.58. The second kappa shape index (κ2) is 8.12. The first kappa shape index (κ1) is 20.9. The van der Waals surface area contributed by atoms with Gasteiger partial charge in [0.1, 0.15) is 17.4 Å². The van der Waals surface area contributed by atoms with Crippen molar-refractivity contribution in [1.82, 2.24) is 4.37 Å². The molecule has 2 aromatic rings. The highest BCUT2D eigenvalue weighted by atomic mass is 32.3. The van der Waals surface area contributed by atoms with Gasteiger partial charge < -0.3 is 10.5 Å². The summed E-state index contributed by atoms with van der Waals surface area (Å²) in [5.41, 5.74) is 6.70. The second-order valence-electron chi connectivity index (χ2n) is 6.71. The second-order valence-corrected chi connectivity index (χ2v) is 13.8. The minimum atomic E-state index is -4.16. The summed E-state index contributed by atoms with van der Waals surface area (Å²) < 4.78 is 51.0. The van der Waals surface area contributed by atoms with Crippen LogP contribution in [0.5, 0.6) is 0 Å². The molecule has 1 aromatic heterocycles. The number of nitrogens with zero attached hydrogens (tertiary/aromatic N) is 2. The van der Waals surface area contributed by atoms with Crippen LogP contribution in [0.1, 0.15) is 5.56 Å². The van der Waals surface area contributed by atoms with Gasteiger partial charge in [-0.2, -0.15) is 4.37 Å². The van der Waals surface area contributed by atoms with E-state index in [2.05, 4.69) is 23.1 Å². The average Bonchev–Trinajstić information content (AvgIpc) is 3.03. The van der Waals surface area contributed by atoms with Crippen molar-refractivity contribution in [2.24, 2.45) is 0 Å². The molecule has 0 amide bonds. The number of ether oxygens (including phenoxy) is 1. The molecular formula is C16H24FN3O3S3. The Morgan fingerprint density at radius 1 is 1.31 bits per heavy atom. The van der Waals surface area contributed by atoms with Crippen LogP contribution in [-0.2, 0) is 14.8 Å². The molecule has 0 saturated carbocycles. The molecule has 0 aliphatic carbocycles. The molecule has 2 N–H and O–H groups in total. The molecule has 0 bridgehead atoms. The van der Waals surface area contributed by atoms with Crippen LogP contribution in [0.15, 0.2) is 28.6 Å². The zero-order valence-electron chi connectivity index (χ0n) is 15.2. The highest BCUT2D eigenvalue weighted by Crippen LogP contribution is 2.34. The number of halogens is 1. The fraction of sp³-hybridized carbons (Fsp3) is 0.438. The number of rotatable bonds is 8. The summed E-state index contributed by atoms with van der Waals surface area (Å²) in [6.07, 6.45) is 7.88. The van der Waals surface area contributed by atoms with Gasteiger partial charge >= 0.3 is 0 Å². The van der Waals surface area contributed by atoms with Crippen LogP contribution in [0.3, 0.4) is 0 Å². The van der Waals surface area contributed by atoms with E-state index in [-0.39, 0.29) is 12.4 Å². The number of nitrogens with two attached hydrogens (primary N) is 1. The first-order chi connectivity index (χ1) is 12.0. The zero-order chi connectivity index (χ0) is 19.5. The van der Waals surface area contributed by atoms with Crippen molar-refractivity contribution in [2.45, 2.75) is 11.8 Å². The van der Waals surface area contributed by atoms with Crippen molar-refractivity contribution < 1.29 is 17.5 Å². The predicted octanol–water partition coefficient (Wildman–Crippen LogP) is 3.04. The standard InChI is InChI=1S/C16H24FN3O3S3/c1-12-7-16(14(17)8-15(12)18)26(21,22)20(13-9-19-24-10-13)11-23-5-6-25(2,3)4/h7-10H,5-6,11,18H2,1-4H3. The molecule has 0 unspecified atom stereocenters. The molecule has 1 heterocycles. The van der Waals surface area contributed by atoms with Crippen LogP contribution in [0, 0.1) is 12.7 Å². The maximum absolute atomic E-state index is 14.3. The molecule has 2 rings (SSSR count). The maximum Gasteiger partial charge on any atom is 0.269 e. The van der Waals surface area contributed by atoms with Gasteiger partial charge in [-0.15, -0.1) is 0 Å². The molecular weight excluding hydrogens is 397 g/mol. The lowest BCUT2D eigenvalue weighted by Crippen LogP contribution is -2.34. The van der Waals surface area contributed by atoms with Gasteiger partial charge in [-0.25, -0.2) is 27.1 Å². The quantitative estimate of drug-likeness (QED) is 0.402. The van der Waals surface area contributed by atoms with Crippen LogP contribution in [0.25, 0.3) is 0 Å². The molecule has 0 atom stereocenters. The largest absolute Gasteiger partial charge is 0.398 e. The van der Waals surface area contributed by atoms with E-state index in [1.54, 1.807) is 12.3 Å². The molecule has 26 heavy (non-hydrogen) atoms. The Hall–Kier alpha value is -1.36. The first-order valence-corrected chi connectivity index (χ1v) is 13.0. The minimum absolute atomic E-state index is 0.203. The van der Waals surface area contributed by atoms with Crippen LogP contribution < -0.4 is 10.0 Å². The lowest BCUT2D eigenvalue weighted by Gasteiger charge is -2.27. The fourth-order valence-electron chi connectivity index (χ4n) is 2.05. The molecule has 0 aliphatic heterocycles. The van der Waals surface area contributed by atoms with Crippen LogP contribution in [0.2, 0.25) is 0 Å². The van der Waals surface area contributed by atoms with E-state index >= 15 is 0 Å². The number of aryl methyl sites for hydroxylation is 1. The molecule has 0 spiro atoms. The van der Waals surface area contributed by atoms with Crippen molar-refractivity contribution in [3.05, 3.63) is 35.1 Å². The van der Waals surface area contributed by atoms with Crippen molar-refractivity contribution >= 4 is 43.0 Å². The first-order valence-electron chi connectivity index (χ1n) is 7.74. The van der Waals surface area contributed by atoms with E-state index in [1.165, 1.54) is 12.3 Å². The van der Waals surface area contributed by atoms with Gasteiger partial charge in [0, 0.05) is 16.8 Å². The van der Waals surface area contributed by atoms with Crippen molar-refractivity contribution in [1.29, 1.82) is 0 Å². The lowest BCUT2D eigenvalue weighted by molar-refractivity contribution is 0.159. The van der Waals surface area contributed by atoms with Gasteiger partial charge in [0.15, 0.2) is 0 Å². The van der Waals surface area contributed by atoms with Gasteiger partial charge in [0.05, 0.1) is 18.5 Å². The van der Waals surface area contributed by atoms with Gasteiger partial charge in [0.25, 0.3) is 10.0 Å². The van der Waals surface area contributed by atoms with E-state index in [0.29, 0.717) is 17.9 Å². The van der Waals surface area contributed by atoms with Crippen LogP contribution >= 0.6 is 21.6 Å². The van der Waals surface area contributed by atoms with E-state index in [0.717, 1.165) is 27.7 Å². The van der Waals surface area contributed by atoms with E-state index in [4.69, 9.17) is 10.5 Å². The van der Waals surface area contributed by atoms with Gasteiger partial charge in [-0.1, -0.05) is 0 Å². The maximum atomic E-state index is 14.3. The Bertz CT molecular complexity index is 850. The summed E-state index contributed by atoms with van der Waals surface area (Å²) >= 11 is 1.11. The molecule has 0 saturated heterocycles. The SMILES string of the molecule is Cc1cc(S(=O)(=O)N(COCCS(C)(C)C)c2cnsc2)c(F)cc1N. The molecule has 1 aromatic carbocycles. The van der Waals surface area contributed by atoms with Crippen molar-refractivity contribution in [3.8, 4) is 0 Å². The Kier molecular flexibility index (Phi) is 6.54. The van der Waals surface area contributed by atoms with Crippen molar-refractivity contribution in [2.75, 3.05) is 47.9 Å². The molecule has 0 fully saturated rings. The third-order valence-corrected chi connectivity index (χ3v) is 7.38. The number of benzene rings is 1. The molecule has 0 radical (unpaired) electrons. The van der Waals surface area contributed by atoms with E-state index in [1.807, 2.05) is 0 Å². The van der Waals surface area contributed by atoms with E-state index < -0.39 is 30.8 Å². The highest BCUT2D eigenvalue weighted by Gasteiger charge is 2.29. The van der Waals surface area contributed by atoms with Gasteiger partial charge in [-0.05, 0) is 54.9 Å². The summed E-state index contributed by atoms with van der Waals surface area (Å²) in [7, 11) is -4.92. The van der Waals surface area contributed by atoms with Crippen molar-refractivity contribution in [3.63, 3.8) is 0 Å². The smallest absolute Gasteiger partial charge is 0.269 e.